The Morgan fingerprint density at radius 3 is 2.26 bits per heavy atom. The number of hydrogen-bond donors (Lipinski definition) is 1. The van der Waals surface area contributed by atoms with Gasteiger partial charge in [0.1, 0.15) is 0 Å². The van der Waals surface area contributed by atoms with E-state index in [0.29, 0.717) is 6.54 Å². The quantitative estimate of drug-likeness (QED) is 0.817. The van der Waals surface area contributed by atoms with Crippen LogP contribution in [0.2, 0.25) is 0 Å². The summed E-state index contributed by atoms with van der Waals surface area (Å²) in [6.45, 7) is 3.82. The SMILES string of the molecule is COc1ccc(CC(C)(CN)CN(C)C)cc1OC. The van der Waals surface area contributed by atoms with E-state index in [4.69, 9.17) is 15.2 Å². The lowest BCUT2D eigenvalue weighted by Gasteiger charge is -2.31. The Kier molecular flexibility index (Phi) is 5.63. The first kappa shape index (κ1) is 15.8. The molecule has 0 amide bonds. The van der Waals surface area contributed by atoms with Gasteiger partial charge >= 0.3 is 0 Å². The minimum Gasteiger partial charge on any atom is -0.493 e. The van der Waals surface area contributed by atoms with Crippen LogP contribution in [0.4, 0.5) is 0 Å². The molecule has 0 heterocycles. The van der Waals surface area contributed by atoms with E-state index in [1.807, 2.05) is 12.1 Å². The summed E-state index contributed by atoms with van der Waals surface area (Å²) in [5.41, 5.74) is 7.22. The van der Waals surface area contributed by atoms with Crippen LogP contribution in [-0.4, -0.2) is 46.3 Å². The molecule has 108 valence electrons. The molecule has 0 fully saturated rings. The average Bonchev–Trinajstić information content (AvgIpc) is 2.37. The zero-order chi connectivity index (χ0) is 14.5. The van der Waals surface area contributed by atoms with Crippen molar-refractivity contribution in [2.75, 3.05) is 41.4 Å². The molecule has 1 rings (SSSR count). The first-order valence-electron chi connectivity index (χ1n) is 6.50. The Labute approximate surface area is 116 Å². The van der Waals surface area contributed by atoms with Crippen molar-refractivity contribution in [2.24, 2.45) is 11.1 Å². The minimum atomic E-state index is 0.0586. The van der Waals surface area contributed by atoms with Crippen molar-refractivity contribution in [1.29, 1.82) is 0 Å². The fourth-order valence-electron chi connectivity index (χ4n) is 2.44. The smallest absolute Gasteiger partial charge is 0.160 e. The van der Waals surface area contributed by atoms with Gasteiger partial charge in [0.2, 0.25) is 0 Å². The number of methoxy groups -OCH3 is 2. The summed E-state index contributed by atoms with van der Waals surface area (Å²) in [7, 11) is 7.45. The molecular weight excluding hydrogens is 240 g/mol. The van der Waals surface area contributed by atoms with Crippen LogP contribution < -0.4 is 15.2 Å². The van der Waals surface area contributed by atoms with Crippen LogP contribution in [0.1, 0.15) is 12.5 Å². The van der Waals surface area contributed by atoms with Gasteiger partial charge in [-0.25, -0.2) is 0 Å². The molecule has 19 heavy (non-hydrogen) atoms. The minimum absolute atomic E-state index is 0.0586. The van der Waals surface area contributed by atoms with Gasteiger partial charge in [-0.1, -0.05) is 13.0 Å². The number of ether oxygens (including phenoxy) is 2. The zero-order valence-corrected chi connectivity index (χ0v) is 12.7. The van der Waals surface area contributed by atoms with Gasteiger partial charge < -0.3 is 20.1 Å². The van der Waals surface area contributed by atoms with Crippen molar-refractivity contribution in [1.82, 2.24) is 4.90 Å². The Morgan fingerprint density at radius 1 is 1.16 bits per heavy atom. The molecule has 0 aliphatic carbocycles. The van der Waals surface area contributed by atoms with Crippen LogP contribution in [0.5, 0.6) is 11.5 Å². The molecule has 2 N–H and O–H groups in total. The normalized spacial score (nSPS) is 14.3. The van der Waals surface area contributed by atoms with Crippen LogP contribution in [0.15, 0.2) is 18.2 Å². The number of rotatable bonds is 7. The van der Waals surface area contributed by atoms with Crippen LogP contribution in [-0.2, 0) is 6.42 Å². The molecule has 0 saturated heterocycles. The number of hydrogen-bond acceptors (Lipinski definition) is 4. The van der Waals surface area contributed by atoms with E-state index in [9.17, 15) is 0 Å². The number of benzene rings is 1. The second-order valence-corrected chi connectivity index (χ2v) is 5.62. The first-order valence-corrected chi connectivity index (χ1v) is 6.50. The predicted octanol–water partition coefficient (Wildman–Crippen LogP) is 1.77. The summed E-state index contributed by atoms with van der Waals surface area (Å²) in [6.07, 6.45) is 0.919. The molecular formula is C15H26N2O2. The maximum absolute atomic E-state index is 5.95. The molecule has 1 aromatic rings. The van der Waals surface area contributed by atoms with Crippen LogP contribution in [0.3, 0.4) is 0 Å². The van der Waals surface area contributed by atoms with E-state index < -0.39 is 0 Å². The maximum Gasteiger partial charge on any atom is 0.160 e. The van der Waals surface area contributed by atoms with Crippen molar-refractivity contribution in [3.8, 4) is 11.5 Å². The lowest BCUT2D eigenvalue weighted by Crippen LogP contribution is -2.39. The van der Waals surface area contributed by atoms with Crippen molar-refractivity contribution < 1.29 is 9.47 Å². The van der Waals surface area contributed by atoms with Gasteiger partial charge in [-0.3, -0.25) is 0 Å². The Hall–Kier alpha value is -1.26. The van der Waals surface area contributed by atoms with Crippen molar-refractivity contribution in [3.63, 3.8) is 0 Å². The third-order valence-corrected chi connectivity index (χ3v) is 3.27. The molecule has 1 atom stereocenters. The molecule has 0 aliphatic rings. The van der Waals surface area contributed by atoms with E-state index in [1.54, 1.807) is 14.2 Å². The van der Waals surface area contributed by atoms with E-state index >= 15 is 0 Å². The predicted molar refractivity (Wildman–Crippen MR) is 79.0 cm³/mol. The summed E-state index contributed by atoms with van der Waals surface area (Å²) < 4.78 is 10.6. The van der Waals surface area contributed by atoms with Crippen molar-refractivity contribution in [2.45, 2.75) is 13.3 Å². The highest BCUT2D eigenvalue weighted by molar-refractivity contribution is 5.43. The largest absolute Gasteiger partial charge is 0.493 e. The number of nitrogens with two attached hydrogens (primary N) is 1. The van der Waals surface area contributed by atoms with E-state index in [-0.39, 0.29) is 5.41 Å². The lowest BCUT2D eigenvalue weighted by atomic mass is 9.83. The molecule has 0 aromatic heterocycles. The molecule has 1 aromatic carbocycles. The maximum atomic E-state index is 5.95. The molecule has 4 heteroatoms. The first-order chi connectivity index (χ1) is 8.94. The van der Waals surface area contributed by atoms with Gasteiger partial charge in [-0.15, -0.1) is 0 Å². The Balaban J connectivity index is 2.91. The highest BCUT2D eigenvalue weighted by Crippen LogP contribution is 2.30. The molecule has 0 saturated carbocycles. The van der Waals surface area contributed by atoms with Crippen molar-refractivity contribution >= 4 is 0 Å². The standard InChI is InChI=1S/C15H26N2O2/c1-15(10-16,11-17(2)3)9-12-6-7-13(18-4)14(8-12)19-5/h6-8H,9-11,16H2,1-5H3. The number of nitrogens with zero attached hydrogens (tertiary/aromatic N) is 1. The van der Waals surface area contributed by atoms with Crippen molar-refractivity contribution in [3.05, 3.63) is 23.8 Å². The van der Waals surface area contributed by atoms with Gasteiger partial charge in [-0.05, 0) is 50.2 Å². The third-order valence-electron chi connectivity index (χ3n) is 3.27. The van der Waals surface area contributed by atoms with Gasteiger partial charge in [0.15, 0.2) is 11.5 Å². The lowest BCUT2D eigenvalue weighted by molar-refractivity contribution is 0.224. The van der Waals surface area contributed by atoms with E-state index in [1.165, 1.54) is 5.56 Å². The molecule has 0 spiro atoms. The van der Waals surface area contributed by atoms with Gasteiger partial charge in [0, 0.05) is 6.54 Å². The summed E-state index contributed by atoms with van der Waals surface area (Å²) >= 11 is 0. The van der Waals surface area contributed by atoms with Gasteiger partial charge in [0.05, 0.1) is 14.2 Å². The second-order valence-electron chi connectivity index (χ2n) is 5.62. The van der Waals surface area contributed by atoms with Crippen LogP contribution >= 0.6 is 0 Å². The fraction of sp³-hybridized carbons (Fsp3) is 0.600. The molecule has 1 unspecified atom stereocenters. The van der Waals surface area contributed by atoms with Gasteiger partial charge in [0.25, 0.3) is 0 Å². The van der Waals surface area contributed by atoms with Crippen LogP contribution in [0, 0.1) is 5.41 Å². The average molecular weight is 266 g/mol. The topological polar surface area (TPSA) is 47.7 Å². The third kappa shape index (κ3) is 4.40. The Morgan fingerprint density at radius 2 is 1.79 bits per heavy atom. The highest BCUT2D eigenvalue weighted by Gasteiger charge is 2.24. The Bertz CT molecular complexity index is 407. The summed E-state index contributed by atoms with van der Waals surface area (Å²) in [5.74, 6) is 1.53. The van der Waals surface area contributed by atoms with E-state index in [0.717, 1.165) is 24.5 Å². The monoisotopic (exact) mass is 266 g/mol. The zero-order valence-electron chi connectivity index (χ0n) is 12.7. The molecule has 4 nitrogen and oxygen atoms in total. The summed E-state index contributed by atoms with van der Waals surface area (Å²) in [6, 6.07) is 6.05. The fourth-order valence-corrected chi connectivity index (χ4v) is 2.44. The van der Waals surface area contributed by atoms with Gasteiger partial charge in [-0.2, -0.15) is 0 Å². The summed E-state index contributed by atoms with van der Waals surface area (Å²) in [5, 5.41) is 0. The van der Waals surface area contributed by atoms with E-state index in [2.05, 4.69) is 32.0 Å². The molecule has 0 bridgehead atoms. The highest BCUT2D eigenvalue weighted by atomic mass is 16.5. The molecule has 0 radical (unpaired) electrons. The second kappa shape index (κ2) is 6.78. The van der Waals surface area contributed by atoms with Crippen LogP contribution in [0.25, 0.3) is 0 Å². The molecule has 0 aliphatic heterocycles. The summed E-state index contributed by atoms with van der Waals surface area (Å²) in [4.78, 5) is 2.17.